The molecule has 4 rings (SSSR count). The van der Waals surface area contributed by atoms with Crippen LogP contribution in [0.25, 0.3) is 22.6 Å². The fraction of sp³-hybridized carbons (Fsp3) is 0.409. The molecule has 10 heteroatoms. The molecule has 1 aromatic carbocycles. The summed E-state index contributed by atoms with van der Waals surface area (Å²) < 4.78 is 40.2. The number of hydrogen-bond acceptors (Lipinski definition) is 5. The van der Waals surface area contributed by atoms with E-state index in [0.717, 1.165) is 49.7 Å². The molecule has 170 valence electrons. The van der Waals surface area contributed by atoms with E-state index in [-0.39, 0.29) is 10.7 Å². The van der Waals surface area contributed by atoms with Crippen LogP contribution in [0, 0.1) is 11.7 Å². The largest absolute Gasteiger partial charge is 0.340 e. The number of aryl methyl sites for hydroxylation is 1. The lowest BCUT2D eigenvalue weighted by Crippen LogP contribution is -2.10. The van der Waals surface area contributed by atoms with Crippen molar-refractivity contribution >= 4 is 27.3 Å². The van der Waals surface area contributed by atoms with Gasteiger partial charge in [-0.25, -0.2) is 27.8 Å². The summed E-state index contributed by atoms with van der Waals surface area (Å²) in [6, 6.07) is 4.08. The monoisotopic (exact) mass is 477 g/mol. The summed E-state index contributed by atoms with van der Waals surface area (Å²) in [6.07, 6.45) is 6.43. The minimum Gasteiger partial charge on any atom is -0.340 e. The van der Waals surface area contributed by atoms with Crippen LogP contribution in [0.15, 0.2) is 24.4 Å². The molecule has 32 heavy (non-hydrogen) atoms. The van der Waals surface area contributed by atoms with Crippen LogP contribution in [0.4, 0.5) is 10.1 Å². The first-order valence-corrected chi connectivity index (χ1v) is 12.8. The van der Waals surface area contributed by atoms with Crippen molar-refractivity contribution in [3.63, 3.8) is 0 Å². The van der Waals surface area contributed by atoms with E-state index in [1.165, 1.54) is 6.07 Å². The second kappa shape index (κ2) is 8.78. The Hall–Kier alpha value is -2.52. The molecule has 1 saturated carbocycles. The topological polar surface area (TPSA) is 101 Å². The fourth-order valence-electron chi connectivity index (χ4n) is 3.43. The molecule has 0 unspecified atom stereocenters. The molecule has 1 aliphatic carbocycles. The van der Waals surface area contributed by atoms with Gasteiger partial charge in [0.25, 0.3) is 0 Å². The molecule has 0 radical (unpaired) electrons. The Labute approximate surface area is 191 Å². The molecule has 3 aromatic rings. The lowest BCUT2D eigenvalue weighted by molar-refractivity contribution is 0.575. The van der Waals surface area contributed by atoms with Crippen molar-refractivity contribution in [2.24, 2.45) is 5.92 Å². The van der Waals surface area contributed by atoms with Gasteiger partial charge in [0, 0.05) is 24.1 Å². The summed E-state index contributed by atoms with van der Waals surface area (Å²) in [6.45, 7) is 4.29. The molecular formula is C22H25ClFN5O2S. The van der Waals surface area contributed by atoms with Gasteiger partial charge in [-0.05, 0) is 43.4 Å². The Morgan fingerprint density at radius 2 is 2.03 bits per heavy atom. The number of halogens is 2. The Morgan fingerprint density at radius 1 is 1.28 bits per heavy atom. The predicted molar refractivity (Wildman–Crippen MR) is 124 cm³/mol. The average molecular weight is 478 g/mol. The zero-order chi connectivity index (χ0) is 23.0. The van der Waals surface area contributed by atoms with Crippen LogP contribution in [-0.4, -0.2) is 34.6 Å². The number of rotatable bonds is 8. The summed E-state index contributed by atoms with van der Waals surface area (Å²) in [7, 11) is -3.64. The van der Waals surface area contributed by atoms with Crippen LogP contribution in [0.2, 0.25) is 5.02 Å². The minimum atomic E-state index is -3.64. The Balaban J connectivity index is 1.82. The van der Waals surface area contributed by atoms with Crippen LogP contribution in [0.5, 0.6) is 0 Å². The van der Waals surface area contributed by atoms with Gasteiger partial charge in [0.2, 0.25) is 10.0 Å². The Bertz CT molecular complexity index is 1260. The highest BCUT2D eigenvalue weighted by molar-refractivity contribution is 7.92. The van der Waals surface area contributed by atoms with E-state index in [1.807, 2.05) is 0 Å². The van der Waals surface area contributed by atoms with Crippen LogP contribution >= 0.6 is 11.6 Å². The van der Waals surface area contributed by atoms with Crippen molar-refractivity contribution in [2.75, 3.05) is 11.0 Å². The summed E-state index contributed by atoms with van der Waals surface area (Å²) in [5.74, 6) is 1.71. The van der Waals surface area contributed by atoms with E-state index in [1.54, 1.807) is 12.3 Å². The van der Waals surface area contributed by atoms with Gasteiger partial charge < -0.3 is 4.98 Å². The number of aromatic amines is 1. The van der Waals surface area contributed by atoms with Crippen LogP contribution in [0.3, 0.4) is 0 Å². The maximum absolute atomic E-state index is 14.5. The van der Waals surface area contributed by atoms with Gasteiger partial charge in [-0.3, -0.25) is 4.72 Å². The lowest BCUT2D eigenvalue weighted by atomic mass is 10.1. The standard InChI is InChI=1S/C22H25ClFN5O2S/c1-12(2)4-7-18-25-9-8-16(26-18)21-20(27-22(28-21)13-5-6-13)15-10-14(24)11-17(19(15)23)29-32(3,30)31/h8-13,29H,4-7H2,1-3H3,(H,27,28). The highest BCUT2D eigenvalue weighted by Crippen LogP contribution is 2.43. The van der Waals surface area contributed by atoms with Gasteiger partial charge in [0.15, 0.2) is 0 Å². The second-order valence-electron chi connectivity index (χ2n) is 8.60. The molecule has 1 aliphatic rings. The SMILES string of the molecule is CC(C)CCc1nccc(-c2[nH]c(C3CC3)nc2-c2cc(F)cc(NS(C)(=O)=O)c2Cl)n1. The highest BCUT2D eigenvalue weighted by Gasteiger charge is 2.30. The summed E-state index contributed by atoms with van der Waals surface area (Å²) in [4.78, 5) is 17.1. The van der Waals surface area contributed by atoms with Crippen molar-refractivity contribution in [1.29, 1.82) is 0 Å². The maximum atomic E-state index is 14.5. The van der Waals surface area contributed by atoms with Crippen LogP contribution in [0.1, 0.15) is 50.7 Å². The van der Waals surface area contributed by atoms with Crippen molar-refractivity contribution in [3.8, 4) is 22.6 Å². The summed E-state index contributed by atoms with van der Waals surface area (Å²) >= 11 is 6.52. The van der Waals surface area contributed by atoms with Gasteiger partial charge in [-0.15, -0.1) is 0 Å². The highest BCUT2D eigenvalue weighted by atomic mass is 35.5. The van der Waals surface area contributed by atoms with Crippen molar-refractivity contribution in [2.45, 2.75) is 45.4 Å². The third kappa shape index (κ3) is 5.27. The quantitative estimate of drug-likeness (QED) is 0.466. The Morgan fingerprint density at radius 3 is 2.69 bits per heavy atom. The molecule has 2 heterocycles. The number of nitrogens with zero attached hydrogens (tertiary/aromatic N) is 3. The minimum absolute atomic E-state index is 0.0357. The second-order valence-corrected chi connectivity index (χ2v) is 10.7. The van der Waals surface area contributed by atoms with E-state index in [0.29, 0.717) is 34.5 Å². The molecule has 0 spiro atoms. The number of nitrogens with one attached hydrogen (secondary N) is 2. The zero-order valence-electron chi connectivity index (χ0n) is 18.1. The Kier molecular flexibility index (Phi) is 6.22. The van der Waals surface area contributed by atoms with Crippen LogP contribution in [-0.2, 0) is 16.4 Å². The maximum Gasteiger partial charge on any atom is 0.229 e. The fourth-order valence-corrected chi connectivity index (χ4v) is 4.30. The first-order valence-electron chi connectivity index (χ1n) is 10.5. The summed E-state index contributed by atoms with van der Waals surface area (Å²) in [5, 5.41) is 0.0704. The molecule has 0 bridgehead atoms. The van der Waals surface area contributed by atoms with Gasteiger partial charge >= 0.3 is 0 Å². The van der Waals surface area contributed by atoms with E-state index < -0.39 is 15.8 Å². The van der Waals surface area contributed by atoms with E-state index in [9.17, 15) is 12.8 Å². The number of aromatic nitrogens is 4. The van der Waals surface area contributed by atoms with Gasteiger partial charge in [-0.2, -0.15) is 0 Å². The molecule has 0 amide bonds. The lowest BCUT2D eigenvalue weighted by Gasteiger charge is -2.11. The van der Waals surface area contributed by atoms with E-state index in [2.05, 4.69) is 28.5 Å². The molecule has 0 saturated heterocycles. The molecule has 0 atom stereocenters. The van der Waals surface area contributed by atoms with Crippen molar-refractivity contribution < 1.29 is 12.8 Å². The number of hydrogen-bond donors (Lipinski definition) is 2. The third-order valence-corrected chi connectivity index (χ3v) is 6.18. The van der Waals surface area contributed by atoms with E-state index in [4.69, 9.17) is 21.6 Å². The van der Waals surface area contributed by atoms with Gasteiger partial charge in [-0.1, -0.05) is 25.4 Å². The number of benzene rings is 1. The molecule has 0 aliphatic heterocycles. The third-order valence-electron chi connectivity index (χ3n) is 5.18. The first-order chi connectivity index (χ1) is 15.1. The summed E-state index contributed by atoms with van der Waals surface area (Å²) in [5.41, 5.74) is 1.93. The smallest absolute Gasteiger partial charge is 0.229 e. The molecular weight excluding hydrogens is 453 g/mol. The number of anilines is 1. The number of sulfonamides is 1. The van der Waals surface area contributed by atoms with Crippen LogP contribution < -0.4 is 4.72 Å². The average Bonchev–Trinajstić information content (AvgIpc) is 3.47. The van der Waals surface area contributed by atoms with E-state index >= 15 is 0 Å². The first kappa shape index (κ1) is 22.7. The predicted octanol–water partition coefficient (Wildman–Crippen LogP) is 5.16. The van der Waals surface area contributed by atoms with Crippen molar-refractivity contribution in [1.82, 2.24) is 19.9 Å². The van der Waals surface area contributed by atoms with Gasteiger partial charge in [0.1, 0.15) is 17.5 Å². The molecule has 2 aromatic heterocycles. The molecule has 7 nitrogen and oxygen atoms in total. The number of imidazole rings is 1. The normalized spacial score (nSPS) is 14.2. The molecule has 1 fully saturated rings. The number of H-pyrrole nitrogens is 1. The molecule has 2 N–H and O–H groups in total. The zero-order valence-corrected chi connectivity index (χ0v) is 19.7. The van der Waals surface area contributed by atoms with Gasteiger partial charge in [0.05, 0.1) is 34.0 Å². The van der Waals surface area contributed by atoms with Crippen molar-refractivity contribution in [3.05, 3.63) is 46.9 Å².